The average molecular weight is 276 g/mol. The molecule has 0 bridgehead atoms. The predicted molar refractivity (Wildman–Crippen MR) is 77.5 cm³/mol. The fourth-order valence-electron chi connectivity index (χ4n) is 1.68. The number of hydrogen-bond donors (Lipinski definition) is 2. The number of hydrogen-bond acceptors (Lipinski definition) is 3. The summed E-state index contributed by atoms with van der Waals surface area (Å²) in [7, 11) is 1.64. The van der Waals surface area contributed by atoms with E-state index in [1.54, 1.807) is 18.4 Å². The van der Waals surface area contributed by atoms with Gasteiger partial charge in [0.25, 0.3) is 0 Å². The third kappa shape index (κ3) is 4.08. The highest BCUT2D eigenvalue weighted by Crippen LogP contribution is 2.18. The molecule has 0 aliphatic heterocycles. The van der Waals surface area contributed by atoms with Crippen molar-refractivity contribution in [2.75, 3.05) is 19.0 Å². The molecule has 0 saturated carbocycles. The van der Waals surface area contributed by atoms with Gasteiger partial charge in [0.1, 0.15) is 6.10 Å². The van der Waals surface area contributed by atoms with Crippen LogP contribution in [0.25, 0.3) is 0 Å². The number of nitrogens with one attached hydrogen (secondary N) is 2. The Labute approximate surface area is 116 Å². The molecule has 2 N–H and O–H groups in total. The molecule has 2 amide bonds. The van der Waals surface area contributed by atoms with E-state index >= 15 is 0 Å². The SMILES string of the molecule is COC(CNC(=O)Nc1ccccc1)c1ccsc1. The summed E-state index contributed by atoms with van der Waals surface area (Å²) in [5, 5.41) is 9.57. The van der Waals surface area contributed by atoms with Gasteiger partial charge >= 0.3 is 6.03 Å². The molecule has 1 atom stereocenters. The van der Waals surface area contributed by atoms with Crippen LogP contribution >= 0.6 is 11.3 Å². The lowest BCUT2D eigenvalue weighted by atomic mass is 10.2. The first-order chi connectivity index (χ1) is 9.29. The van der Waals surface area contributed by atoms with Crippen molar-refractivity contribution in [2.45, 2.75) is 6.10 Å². The summed E-state index contributed by atoms with van der Waals surface area (Å²) in [5.74, 6) is 0. The fourth-order valence-corrected chi connectivity index (χ4v) is 2.38. The van der Waals surface area contributed by atoms with E-state index in [4.69, 9.17) is 4.74 Å². The molecule has 0 fully saturated rings. The zero-order chi connectivity index (χ0) is 13.5. The second-order valence-corrected chi connectivity index (χ2v) is 4.76. The number of para-hydroxylation sites is 1. The topological polar surface area (TPSA) is 50.4 Å². The van der Waals surface area contributed by atoms with Gasteiger partial charge in [-0.1, -0.05) is 18.2 Å². The number of ether oxygens (including phenoxy) is 1. The Balaban J connectivity index is 1.83. The lowest BCUT2D eigenvalue weighted by molar-refractivity contribution is 0.105. The van der Waals surface area contributed by atoms with Crippen molar-refractivity contribution in [2.24, 2.45) is 0 Å². The highest BCUT2D eigenvalue weighted by atomic mass is 32.1. The summed E-state index contributed by atoms with van der Waals surface area (Å²) in [6.45, 7) is 0.436. The standard InChI is InChI=1S/C14H16N2O2S/c1-18-13(11-7-8-19-10-11)9-15-14(17)16-12-5-3-2-4-6-12/h2-8,10,13H,9H2,1H3,(H2,15,16,17). The zero-order valence-corrected chi connectivity index (χ0v) is 11.4. The Bertz CT molecular complexity index is 499. The third-order valence-corrected chi connectivity index (χ3v) is 3.38. The first-order valence-corrected chi connectivity index (χ1v) is 6.88. The molecule has 1 aromatic heterocycles. The molecule has 0 radical (unpaired) electrons. The number of benzene rings is 1. The fraction of sp³-hybridized carbons (Fsp3) is 0.214. The summed E-state index contributed by atoms with van der Waals surface area (Å²) >= 11 is 1.61. The zero-order valence-electron chi connectivity index (χ0n) is 10.6. The average Bonchev–Trinajstić information content (AvgIpc) is 2.95. The minimum Gasteiger partial charge on any atom is -0.375 e. The second kappa shape index (κ2) is 6.92. The second-order valence-electron chi connectivity index (χ2n) is 3.98. The van der Waals surface area contributed by atoms with Gasteiger partial charge in [0.15, 0.2) is 0 Å². The summed E-state index contributed by atoms with van der Waals surface area (Å²) in [4.78, 5) is 11.7. The van der Waals surface area contributed by atoms with E-state index in [9.17, 15) is 4.79 Å². The van der Waals surface area contributed by atoms with Gasteiger partial charge in [0, 0.05) is 19.3 Å². The van der Waals surface area contributed by atoms with E-state index in [0.29, 0.717) is 6.54 Å². The molecule has 19 heavy (non-hydrogen) atoms. The number of rotatable bonds is 5. The predicted octanol–water partition coefficient (Wildman–Crippen LogP) is 3.26. The van der Waals surface area contributed by atoms with Gasteiger partial charge < -0.3 is 15.4 Å². The maximum atomic E-state index is 11.7. The molecule has 1 aromatic carbocycles. The van der Waals surface area contributed by atoms with E-state index in [0.717, 1.165) is 11.3 Å². The molecule has 1 heterocycles. The lowest BCUT2D eigenvalue weighted by Gasteiger charge is -2.15. The van der Waals surface area contributed by atoms with Crippen LogP contribution in [0.1, 0.15) is 11.7 Å². The quantitative estimate of drug-likeness (QED) is 0.880. The third-order valence-electron chi connectivity index (χ3n) is 2.68. The van der Waals surface area contributed by atoms with Crippen molar-refractivity contribution in [3.05, 3.63) is 52.7 Å². The van der Waals surface area contributed by atoms with Gasteiger partial charge in [-0.3, -0.25) is 0 Å². The lowest BCUT2D eigenvalue weighted by Crippen LogP contribution is -2.32. The maximum absolute atomic E-state index is 11.7. The molecular weight excluding hydrogens is 260 g/mol. The summed E-state index contributed by atoms with van der Waals surface area (Å²) < 4.78 is 5.36. The van der Waals surface area contributed by atoms with Crippen LogP contribution in [0.2, 0.25) is 0 Å². The van der Waals surface area contributed by atoms with Crippen LogP contribution in [0.3, 0.4) is 0 Å². The highest BCUT2D eigenvalue weighted by Gasteiger charge is 2.12. The van der Waals surface area contributed by atoms with Crippen molar-refractivity contribution in [1.82, 2.24) is 5.32 Å². The van der Waals surface area contributed by atoms with Crippen LogP contribution < -0.4 is 10.6 Å². The number of anilines is 1. The van der Waals surface area contributed by atoms with E-state index in [1.807, 2.05) is 47.2 Å². The monoisotopic (exact) mass is 276 g/mol. The number of carbonyl (C=O) groups excluding carboxylic acids is 1. The molecule has 0 aliphatic carbocycles. The van der Waals surface area contributed by atoms with E-state index < -0.39 is 0 Å². The van der Waals surface area contributed by atoms with Crippen LogP contribution in [-0.2, 0) is 4.74 Å². The summed E-state index contributed by atoms with van der Waals surface area (Å²) in [6, 6.07) is 11.1. The Morgan fingerprint density at radius 3 is 2.74 bits per heavy atom. The van der Waals surface area contributed by atoms with Crippen LogP contribution in [0.5, 0.6) is 0 Å². The van der Waals surface area contributed by atoms with Gasteiger partial charge in [0.2, 0.25) is 0 Å². The Morgan fingerprint density at radius 1 is 1.32 bits per heavy atom. The van der Waals surface area contributed by atoms with Crippen molar-refractivity contribution in [3.63, 3.8) is 0 Å². The summed E-state index contributed by atoms with van der Waals surface area (Å²) in [5.41, 5.74) is 1.84. The first-order valence-electron chi connectivity index (χ1n) is 5.94. The van der Waals surface area contributed by atoms with Crippen molar-refractivity contribution >= 4 is 23.1 Å². The molecule has 4 nitrogen and oxygen atoms in total. The van der Waals surface area contributed by atoms with Crippen molar-refractivity contribution in [1.29, 1.82) is 0 Å². The molecule has 100 valence electrons. The largest absolute Gasteiger partial charge is 0.375 e. The van der Waals surface area contributed by atoms with Gasteiger partial charge in [-0.25, -0.2) is 4.79 Å². The molecule has 2 aromatic rings. The number of carbonyl (C=O) groups is 1. The Morgan fingerprint density at radius 2 is 2.11 bits per heavy atom. The number of thiophene rings is 1. The maximum Gasteiger partial charge on any atom is 0.319 e. The van der Waals surface area contributed by atoms with Crippen LogP contribution in [-0.4, -0.2) is 19.7 Å². The van der Waals surface area contributed by atoms with Crippen LogP contribution in [0.4, 0.5) is 10.5 Å². The Hall–Kier alpha value is -1.85. The van der Waals surface area contributed by atoms with Gasteiger partial charge in [-0.05, 0) is 34.5 Å². The van der Waals surface area contributed by atoms with Crippen LogP contribution in [0.15, 0.2) is 47.2 Å². The van der Waals surface area contributed by atoms with Crippen LogP contribution in [0, 0.1) is 0 Å². The van der Waals surface area contributed by atoms with E-state index in [2.05, 4.69) is 10.6 Å². The minimum absolute atomic E-state index is 0.118. The molecule has 0 aliphatic rings. The van der Waals surface area contributed by atoms with Gasteiger partial charge in [0.05, 0.1) is 0 Å². The number of amides is 2. The van der Waals surface area contributed by atoms with Crippen molar-refractivity contribution in [3.8, 4) is 0 Å². The molecule has 1 unspecified atom stereocenters. The molecule has 0 saturated heterocycles. The number of urea groups is 1. The molecule has 5 heteroatoms. The van der Waals surface area contributed by atoms with E-state index in [1.165, 1.54) is 0 Å². The molecular formula is C14H16N2O2S. The smallest absolute Gasteiger partial charge is 0.319 e. The minimum atomic E-state index is -0.233. The highest BCUT2D eigenvalue weighted by molar-refractivity contribution is 7.07. The van der Waals surface area contributed by atoms with Crippen molar-refractivity contribution < 1.29 is 9.53 Å². The first kappa shape index (κ1) is 13.6. The summed E-state index contributed by atoms with van der Waals surface area (Å²) in [6.07, 6.45) is -0.118. The normalized spacial score (nSPS) is 11.8. The van der Waals surface area contributed by atoms with Gasteiger partial charge in [-0.15, -0.1) is 0 Å². The number of methoxy groups -OCH3 is 1. The molecule has 2 rings (SSSR count). The van der Waals surface area contributed by atoms with E-state index in [-0.39, 0.29) is 12.1 Å². The van der Waals surface area contributed by atoms with Gasteiger partial charge in [-0.2, -0.15) is 11.3 Å². The molecule has 0 spiro atoms. The Kier molecular flexibility index (Phi) is 4.94.